The third kappa shape index (κ3) is 2.69. The summed E-state index contributed by atoms with van der Waals surface area (Å²) in [5.74, 6) is -1.09. The van der Waals surface area contributed by atoms with E-state index in [1.165, 1.54) is 37.5 Å². The number of hydrogen-bond donors (Lipinski definition) is 1. The van der Waals surface area contributed by atoms with Crippen LogP contribution in [0, 0.1) is 17.0 Å². The first-order chi connectivity index (χ1) is 9.49. The molecule has 8 heteroatoms. The average molecular weight is 275 g/mol. The Hall–Kier alpha value is -3.03. The Kier molecular flexibility index (Phi) is 3.56. The van der Waals surface area contributed by atoms with E-state index in [1.54, 1.807) is 0 Å². The zero-order valence-corrected chi connectivity index (χ0v) is 10.3. The van der Waals surface area contributed by atoms with E-state index in [0.717, 1.165) is 0 Å². The SMILES string of the molecule is Cc1nc(Oc2cnccc2C(=O)O)ccc1[N+](=O)[O-]. The van der Waals surface area contributed by atoms with E-state index in [0.29, 0.717) is 0 Å². The first-order valence-electron chi connectivity index (χ1n) is 5.46. The third-order valence-corrected chi connectivity index (χ3v) is 2.46. The van der Waals surface area contributed by atoms with Gasteiger partial charge in [-0.2, -0.15) is 0 Å². The fourth-order valence-corrected chi connectivity index (χ4v) is 1.53. The Morgan fingerprint density at radius 1 is 1.40 bits per heavy atom. The predicted molar refractivity (Wildman–Crippen MR) is 66.9 cm³/mol. The highest BCUT2D eigenvalue weighted by Gasteiger charge is 2.15. The van der Waals surface area contributed by atoms with Gasteiger partial charge in [-0.25, -0.2) is 9.78 Å². The highest BCUT2D eigenvalue weighted by molar-refractivity contribution is 5.90. The molecule has 0 saturated heterocycles. The zero-order chi connectivity index (χ0) is 14.7. The highest BCUT2D eigenvalue weighted by atomic mass is 16.6. The number of hydrogen-bond acceptors (Lipinski definition) is 6. The van der Waals surface area contributed by atoms with Gasteiger partial charge in [0.05, 0.1) is 11.1 Å². The van der Waals surface area contributed by atoms with Crippen molar-refractivity contribution in [3.63, 3.8) is 0 Å². The number of aromatic nitrogens is 2. The van der Waals surface area contributed by atoms with Crippen molar-refractivity contribution in [2.24, 2.45) is 0 Å². The minimum absolute atomic E-state index is 0.0146. The van der Waals surface area contributed by atoms with Crippen LogP contribution in [-0.4, -0.2) is 26.0 Å². The van der Waals surface area contributed by atoms with E-state index < -0.39 is 10.9 Å². The number of rotatable bonds is 4. The summed E-state index contributed by atoms with van der Waals surface area (Å²) < 4.78 is 5.31. The number of aryl methyl sites for hydroxylation is 1. The molecule has 102 valence electrons. The van der Waals surface area contributed by atoms with Gasteiger partial charge in [0.25, 0.3) is 5.69 Å². The lowest BCUT2D eigenvalue weighted by atomic mass is 10.2. The summed E-state index contributed by atoms with van der Waals surface area (Å²) in [6, 6.07) is 3.83. The summed E-state index contributed by atoms with van der Waals surface area (Å²) >= 11 is 0. The number of nitro groups is 1. The lowest BCUT2D eigenvalue weighted by Gasteiger charge is -2.07. The average Bonchev–Trinajstić information content (AvgIpc) is 2.38. The second kappa shape index (κ2) is 5.31. The van der Waals surface area contributed by atoms with Gasteiger partial charge >= 0.3 is 5.97 Å². The number of carboxylic acid groups (broad SMARTS) is 1. The van der Waals surface area contributed by atoms with E-state index in [-0.39, 0.29) is 28.6 Å². The maximum absolute atomic E-state index is 11.0. The molecular formula is C12H9N3O5. The summed E-state index contributed by atoms with van der Waals surface area (Å²) in [5.41, 5.74) is -0.0342. The molecule has 0 aliphatic carbocycles. The van der Waals surface area contributed by atoms with Crippen molar-refractivity contribution in [3.05, 3.63) is 52.0 Å². The first-order valence-corrected chi connectivity index (χ1v) is 5.46. The Balaban J connectivity index is 2.34. The third-order valence-electron chi connectivity index (χ3n) is 2.46. The molecule has 0 spiro atoms. The Morgan fingerprint density at radius 2 is 2.15 bits per heavy atom. The number of aromatic carboxylic acids is 1. The normalized spacial score (nSPS) is 10.1. The highest BCUT2D eigenvalue weighted by Crippen LogP contribution is 2.25. The number of ether oxygens (including phenoxy) is 1. The van der Waals surface area contributed by atoms with E-state index in [1.807, 2.05) is 0 Å². The van der Waals surface area contributed by atoms with Crippen LogP contribution in [0.25, 0.3) is 0 Å². The standard InChI is InChI=1S/C12H9N3O5/c1-7-9(15(18)19)2-3-11(14-7)20-10-6-13-5-4-8(10)12(16)17/h2-6H,1H3,(H,16,17). The molecule has 0 bridgehead atoms. The molecule has 2 rings (SSSR count). The topological polar surface area (TPSA) is 115 Å². The van der Waals surface area contributed by atoms with Gasteiger partial charge in [-0.3, -0.25) is 15.1 Å². The number of carboxylic acids is 1. The van der Waals surface area contributed by atoms with Gasteiger partial charge in [-0.15, -0.1) is 0 Å². The molecule has 0 aromatic carbocycles. The van der Waals surface area contributed by atoms with Crippen molar-refractivity contribution in [1.82, 2.24) is 9.97 Å². The summed E-state index contributed by atoms with van der Waals surface area (Å²) in [6.07, 6.45) is 2.56. The van der Waals surface area contributed by atoms with Crippen molar-refractivity contribution >= 4 is 11.7 Å². The van der Waals surface area contributed by atoms with Crippen molar-refractivity contribution < 1.29 is 19.6 Å². The molecular weight excluding hydrogens is 266 g/mol. The van der Waals surface area contributed by atoms with Crippen molar-refractivity contribution in [3.8, 4) is 11.6 Å². The fraction of sp³-hybridized carbons (Fsp3) is 0.0833. The first kappa shape index (κ1) is 13.4. The van der Waals surface area contributed by atoms with Crippen molar-refractivity contribution in [2.45, 2.75) is 6.92 Å². The van der Waals surface area contributed by atoms with Crippen LogP contribution >= 0.6 is 0 Å². The van der Waals surface area contributed by atoms with Gasteiger partial charge in [0.1, 0.15) is 11.3 Å². The quantitative estimate of drug-likeness (QED) is 0.671. The molecule has 0 saturated carbocycles. The van der Waals surface area contributed by atoms with E-state index >= 15 is 0 Å². The van der Waals surface area contributed by atoms with Gasteiger partial charge in [0.2, 0.25) is 5.88 Å². The molecule has 0 unspecified atom stereocenters. The second-order valence-corrected chi connectivity index (χ2v) is 3.79. The maximum atomic E-state index is 11.0. The minimum Gasteiger partial charge on any atom is -0.478 e. The monoisotopic (exact) mass is 275 g/mol. The molecule has 0 aliphatic rings. The van der Waals surface area contributed by atoms with E-state index in [4.69, 9.17) is 9.84 Å². The van der Waals surface area contributed by atoms with Crippen LogP contribution in [0.5, 0.6) is 11.6 Å². The molecule has 2 heterocycles. The number of nitrogens with zero attached hydrogens (tertiary/aromatic N) is 3. The molecule has 0 aliphatic heterocycles. The predicted octanol–water partition coefficient (Wildman–Crippen LogP) is 2.18. The summed E-state index contributed by atoms with van der Waals surface area (Å²) in [6.45, 7) is 1.46. The van der Waals surface area contributed by atoms with Crippen LogP contribution in [0.15, 0.2) is 30.6 Å². The lowest BCUT2D eigenvalue weighted by Crippen LogP contribution is -2.02. The van der Waals surface area contributed by atoms with Gasteiger partial charge < -0.3 is 9.84 Å². The molecule has 8 nitrogen and oxygen atoms in total. The van der Waals surface area contributed by atoms with Gasteiger partial charge in [-0.05, 0) is 13.0 Å². The largest absolute Gasteiger partial charge is 0.478 e. The summed E-state index contributed by atoms with van der Waals surface area (Å²) in [4.78, 5) is 28.8. The van der Waals surface area contributed by atoms with E-state index in [2.05, 4.69) is 9.97 Å². The van der Waals surface area contributed by atoms with Gasteiger partial charge in [-0.1, -0.05) is 0 Å². The number of pyridine rings is 2. The van der Waals surface area contributed by atoms with Gasteiger partial charge in [0, 0.05) is 18.3 Å². The van der Waals surface area contributed by atoms with Crippen LogP contribution in [-0.2, 0) is 0 Å². The summed E-state index contributed by atoms with van der Waals surface area (Å²) in [7, 11) is 0. The molecule has 1 N–H and O–H groups in total. The van der Waals surface area contributed by atoms with E-state index in [9.17, 15) is 14.9 Å². The lowest BCUT2D eigenvalue weighted by molar-refractivity contribution is -0.385. The smallest absolute Gasteiger partial charge is 0.339 e. The van der Waals surface area contributed by atoms with Crippen molar-refractivity contribution in [2.75, 3.05) is 0 Å². The maximum Gasteiger partial charge on any atom is 0.339 e. The molecule has 0 radical (unpaired) electrons. The van der Waals surface area contributed by atoms with Gasteiger partial charge in [0.15, 0.2) is 5.75 Å². The van der Waals surface area contributed by atoms with Crippen LogP contribution in [0.2, 0.25) is 0 Å². The second-order valence-electron chi connectivity index (χ2n) is 3.79. The van der Waals surface area contributed by atoms with Crippen LogP contribution in [0.4, 0.5) is 5.69 Å². The Labute approximate surface area is 112 Å². The molecule has 2 aromatic rings. The zero-order valence-electron chi connectivity index (χ0n) is 10.3. The minimum atomic E-state index is -1.17. The molecule has 20 heavy (non-hydrogen) atoms. The van der Waals surface area contributed by atoms with Crippen molar-refractivity contribution in [1.29, 1.82) is 0 Å². The number of carbonyl (C=O) groups is 1. The fourth-order valence-electron chi connectivity index (χ4n) is 1.53. The molecule has 0 fully saturated rings. The Morgan fingerprint density at radius 3 is 2.75 bits per heavy atom. The summed E-state index contributed by atoms with van der Waals surface area (Å²) in [5, 5.41) is 19.7. The van der Waals surface area contributed by atoms with Crippen LogP contribution in [0.1, 0.15) is 16.1 Å². The van der Waals surface area contributed by atoms with Crippen LogP contribution < -0.4 is 4.74 Å². The Bertz CT molecular complexity index is 687. The molecule has 0 atom stereocenters. The molecule has 0 amide bonds. The molecule has 2 aromatic heterocycles. The van der Waals surface area contributed by atoms with Crippen LogP contribution in [0.3, 0.4) is 0 Å².